The highest BCUT2D eigenvalue weighted by Gasteiger charge is 2.45. The topological polar surface area (TPSA) is 63.4 Å². The van der Waals surface area contributed by atoms with Gasteiger partial charge in [-0.25, -0.2) is 0 Å². The molecule has 0 aliphatic carbocycles. The van der Waals surface area contributed by atoms with Crippen molar-refractivity contribution in [1.82, 2.24) is 0 Å². The number of hydrogen-bond donors (Lipinski definition) is 0. The van der Waals surface area contributed by atoms with E-state index in [4.69, 9.17) is 0 Å². The molecule has 0 fully saturated rings. The minimum Gasteiger partial charge on any atom is -0.545 e. The van der Waals surface area contributed by atoms with E-state index in [1.54, 1.807) is 19.1 Å². The third kappa shape index (κ3) is 7.31. The van der Waals surface area contributed by atoms with E-state index in [2.05, 4.69) is 110 Å². The minimum atomic E-state index is -1.15. The molecule has 0 atom stereocenters. The van der Waals surface area contributed by atoms with Crippen LogP contribution in [0.3, 0.4) is 0 Å². The predicted molar refractivity (Wildman–Crippen MR) is 183 cm³/mol. The van der Waals surface area contributed by atoms with Crippen molar-refractivity contribution in [3.8, 4) is 0 Å². The third-order valence-corrected chi connectivity index (χ3v) is 9.36. The van der Waals surface area contributed by atoms with Crippen LogP contribution in [-0.4, -0.2) is 99.5 Å². The number of rotatable bonds is 12. The number of ketones is 1. The molecule has 2 aromatic carbocycles. The SMILES string of the molecule is CC(=O)c1ccc2c(c1)C(C)(C)/C(=C\C=C\C1=[N+](CCC[N+](C)(C)C)c3ccc(C(=O)[O-])cc3C1(C)C)N2CCC[N+](C)(C)C. The number of carbonyl (C=O) groups is 2. The number of allylic oxidation sites excluding steroid dienone is 4. The number of fused-ring (bicyclic) bond motifs is 2. The smallest absolute Gasteiger partial charge is 0.209 e. The quantitative estimate of drug-likeness (QED) is 0.191. The number of benzene rings is 2. The Morgan fingerprint density at radius 2 is 1.44 bits per heavy atom. The first-order chi connectivity index (χ1) is 20.7. The first-order valence-electron chi connectivity index (χ1n) is 16.2. The zero-order valence-corrected chi connectivity index (χ0v) is 29.5. The summed E-state index contributed by atoms with van der Waals surface area (Å²) in [5, 5.41) is 11.8. The van der Waals surface area contributed by atoms with Crippen molar-refractivity contribution < 1.29 is 28.2 Å². The average molecular weight is 615 g/mol. The Labute approximate surface area is 271 Å². The number of carboxylic acid groups (broad SMARTS) is 1. The average Bonchev–Trinajstić information content (AvgIpc) is 3.25. The number of carboxylic acids is 1. The molecule has 0 spiro atoms. The Balaban J connectivity index is 1.77. The molecule has 0 aromatic heterocycles. The summed E-state index contributed by atoms with van der Waals surface area (Å²) in [6.07, 6.45) is 8.65. The number of carbonyl (C=O) groups excluding carboxylic acids is 2. The minimum absolute atomic E-state index is 0.0779. The van der Waals surface area contributed by atoms with Crippen LogP contribution in [0.15, 0.2) is 60.3 Å². The predicted octanol–water partition coefficient (Wildman–Crippen LogP) is 5.06. The van der Waals surface area contributed by atoms with Gasteiger partial charge in [-0.05, 0) is 68.3 Å². The summed E-state index contributed by atoms with van der Waals surface area (Å²) in [6, 6.07) is 11.5. The zero-order chi connectivity index (χ0) is 33.5. The summed E-state index contributed by atoms with van der Waals surface area (Å²) in [6.45, 7) is 14.3. The standard InChI is InChI=1S/C38H54N4O3/c1-27(43)28-17-19-32-30(25-28)37(2,3)34(39(32)21-13-23-41(6,7)8)15-12-16-35-38(4,5)31-26-29(36(44)45)18-20-33(31)40(35)22-14-24-42(9,10)11/h12,15-20,25-26H,13-14,21-24H2,1-11H3/q+2. The molecule has 7 nitrogen and oxygen atoms in total. The Hall–Kier alpha value is -3.55. The van der Waals surface area contributed by atoms with E-state index in [9.17, 15) is 14.7 Å². The Bertz CT molecular complexity index is 1580. The van der Waals surface area contributed by atoms with Crippen LogP contribution in [0.5, 0.6) is 0 Å². The fourth-order valence-corrected chi connectivity index (χ4v) is 6.82. The molecular weight excluding hydrogens is 560 g/mol. The van der Waals surface area contributed by atoms with Crippen molar-refractivity contribution in [3.63, 3.8) is 0 Å². The number of anilines is 1. The van der Waals surface area contributed by atoms with E-state index in [1.807, 2.05) is 12.1 Å². The number of hydrogen-bond acceptors (Lipinski definition) is 4. The van der Waals surface area contributed by atoms with Gasteiger partial charge >= 0.3 is 0 Å². The van der Waals surface area contributed by atoms with E-state index >= 15 is 0 Å². The van der Waals surface area contributed by atoms with Gasteiger partial charge in [0.15, 0.2) is 18.0 Å². The van der Waals surface area contributed by atoms with Gasteiger partial charge in [0.25, 0.3) is 0 Å². The summed E-state index contributed by atoms with van der Waals surface area (Å²) >= 11 is 0. The fraction of sp³-hybridized carbons (Fsp3) is 0.500. The Kier molecular flexibility index (Phi) is 9.41. The van der Waals surface area contributed by atoms with Gasteiger partial charge in [0.2, 0.25) is 5.69 Å². The Morgan fingerprint density at radius 1 is 0.844 bits per heavy atom. The molecule has 0 unspecified atom stereocenters. The van der Waals surface area contributed by atoms with E-state index in [0.29, 0.717) is 0 Å². The molecule has 7 heteroatoms. The van der Waals surface area contributed by atoms with Gasteiger partial charge in [0.05, 0.1) is 73.2 Å². The van der Waals surface area contributed by atoms with Gasteiger partial charge in [-0.3, -0.25) is 4.79 Å². The van der Waals surface area contributed by atoms with Gasteiger partial charge in [0.1, 0.15) is 0 Å². The number of aromatic carboxylic acids is 1. The first-order valence-corrected chi connectivity index (χ1v) is 16.2. The van der Waals surface area contributed by atoms with E-state index in [0.717, 1.165) is 70.5 Å². The number of Topliss-reactive ketones (excluding diaryl/α,β-unsaturated/α-hetero) is 1. The van der Waals surface area contributed by atoms with Gasteiger partial charge in [0, 0.05) is 53.0 Å². The molecular formula is C38H54N4O3+2. The fourth-order valence-electron chi connectivity index (χ4n) is 6.82. The monoisotopic (exact) mass is 614 g/mol. The van der Waals surface area contributed by atoms with Crippen molar-refractivity contribution in [2.24, 2.45) is 0 Å². The highest BCUT2D eigenvalue weighted by Crippen LogP contribution is 2.48. The van der Waals surface area contributed by atoms with Crippen LogP contribution in [0, 0.1) is 0 Å². The summed E-state index contributed by atoms with van der Waals surface area (Å²) in [5.41, 5.74) is 7.06. The van der Waals surface area contributed by atoms with E-state index in [1.165, 1.54) is 16.9 Å². The van der Waals surface area contributed by atoms with Gasteiger partial charge in [-0.2, -0.15) is 4.58 Å². The lowest BCUT2D eigenvalue weighted by atomic mass is 9.80. The van der Waals surface area contributed by atoms with E-state index < -0.39 is 5.97 Å². The molecule has 2 aliphatic rings. The van der Waals surface area contributed by atoms with Crippen molar-refractivity contribution in [1.29, 1.82) is 0 Å². The second-order valence-corrected chi connectivity index (χ2v) is 15.9. The van der Waals surface area contributed by atoms with Gasteiger partial charge < -0.3 is 23.8 Å². The second-order valence-electron chi connectivity index (χ2n) is 15.9. The molecule has 0 radical (unpaired) electrons. The highest BCUT2D eigenvalue weighted by molar-refractivity contribution is 6.04. The third-order valence-electron chi connectivity index (χ3n) is 9.36. The molecule has 2 aliphatic heterocycles. The van der Waals surface area contributed by atoms with Gasteiger partial charge in [-0.15, -0.1) is 0 Å². The van der Waals surface area contributed by atoms with Crippen LogP contribution >= 0.6 is 0 Å². The van der Waals surface area contributed by atoms with Crippen molar-refractivity contribution in [3.05, 3.63) is 82.6 Å². The largest absolute Gasteiger partial charge is 0.545 e. The molecule has 0 saturated heterocycles. The maximum atomic E-state index is 12.3. The molecule has 45 heavy (non-hydrogen) atoms. The molecule has 0 amide bonds. The lowest BCUT2D eigenvalue weighted by Crippen LogP contribution is -2.37. The lowest BCUT2D eigenvalue weighted by Gasteiger charge is -2.29. The summed E-state index contributed by atoms with van der Waals surface area (Å²) in [4.78, 5) is 26.5. The molecule has 2 heterocycles. The number of quaternary nitrogens is 2. The van der Waals surface area contributed by atoms with Crippen LogP contribution < -0.4 is 10.0 Å². The van der Waals surface area contributed by atoms with Crippen molar-refractivity contribution in [2.75, 3.05) is 73.4 Å². The molecule has 0 N–H and O–H groups in total. The molecule has 2 aromatic rings. The highest BCUT2D eigenvalue weighted by atomic mass is 16.4. The summed E-state index contributed by atoms with van der Waals surface area (Å²) in [7, 11) is 13.3. The Morgan fingerprint density at radius 3 is 2.04 bits per heavy atom. The summed E-state index contributed by atoms with van der Waals surface area (Å²) in [5.74, 6) is -1.07. The van der Waals surface area contributed by atoms with Gasteiger partial charge in [-0.1, -0.05) is 19.9 Å². The second kappa shape index (κ2) is 12.3. The maximum Gasteiger partial charge on any atom is 0.209 e. The zero-order valence-electron chi connectivity index (χ0n) is 29.5. The van der Waals surface area contributed by atoms with Crippen molar-refractivity contribution in [2.45, 2.75) is 58.3 Å². The first kappa shape index (κ1) is 34.3. The lowest BCUT2D eigenvalue weighted by molar-refractivity contribution is -0.871. The molecule has 0 saturated carbocycles. The van der Waals surface area contributed by atoms with Crippen molar-refractivity contribution >= 4 is 28.8 Å². The van der Waals surface area contributed by atoms with Crippen LogP contribution in [-0.2, 0) is 10.8 Å². The van der Waals surface area contributed by atoms with Crippen LogP contribution in [0.2, 0.25) is 0 Å². The maximum absolute atomic E-state index is 12.3. The molecule has 242 valence electrons. The number of nitrogens with zero attached hydrogens (tertiary/aromatic N) is 4. The molecule has 0 bridgehead atoms. The summed E-state index contributed by atoms with van der Waals surface area (Å²) < 4.78 is 4.16. The normalized spacial score (nSPS) is 18.2. The van der Waals surface area contributed by atoms with E-state index in [-0.39, 0.29) is 22.2 Å². The van der Waals surface area contributed by atoms with Crippen LogP contribution in [0.25, 0.3) is 0 Å². The molecule has 4 rings (SSSR count). The van der Waals surface area contributed by atoms with Crippen LogP contribution in [0.1, 0.15) is 79.3 Å². The van der Waals surface area contributed by atoms with Crippen LogP contribution in [0.4, 0.5) is 11.4 Å².